The van der Waals surface area contributed by atoms with Crippen molar-refractivity contribution in [2.45, 2.75) is 20.8 Å². The van der Waals surface area contributed by atoms with Gasteiger partial charge < -0.3 is 15.1 Å². The summed E-state index contributed by atoms with van der Waals surface area (Å²) in [6, 6.07) is 0. The molecule has 0 spiro atoms. The molecule has 0 aliphatic carbocycles. The molecule has 3 rings (SSSR count). The van der Waals surface area contributed by atoms with Gasteiger partial charge in [0.1, 0.15) is 17.0 Å². The van der Waals surface area contributed by atoms with E-state index in [0.29, 0.717) is 0 Å². The van der Waals surface area contributed by atoms with E-state index in [-0.39, 0.29) is 5.91 Å². The molecule has 1 aliphatic heterocycles. The van der Waals surface area contributed by atoms with Crippen molar-refractivity contribution < 1.29 is 4.79 Å². The standard InChI is InChI=1S/C16H23N5OS/c1-4-20(5-2)14-12-11(3)13(23-15(12)19-10-18-14)16(22)21-8-6-17-7-9-21/h10,17H,4-9H2,1-3H3. The normalized spacial score (nSPS) is 15.2. The van der Waals surface area contributed by atoms with Gasteiger partial charge in [0, 0.05) is 39.3 Å². The van der Waals surface area contributed by atoms with E-state index in [1.165, 1.54) is 11.3 Å². The molecule has 1 fully saturated rings. The van der Waals surface area contributed by atoms with Crippen molar-refractivity contribution in [3.8, 4) is 0 Å². The van der Waals surface area contributed by atoms with Crippen LogP contribution in [0.15, 0.2) is 6.33 Å². The highest BCUT2D eigenvalue weighted by molar-refractivity contribution is 7.20. The van der Waals surface area contributed by atoms with E-state index in [0.717, 1.165) is 65.7 Å². The molecule has 0 saturated carbocycles. The van der Waals surface area contributed by atoms with Crippen LogP contribution in [0.1, 0.15) is 29.1 Å². The van der Waals surface area contributed by atoms with Gasteiger partial charge in [0.2, 0.25) is 0 Å². The van der Waals surface area contributed by atoms with Gasteiger partial charge in [-0.05, 0) is 26.3 Å². The zero-order valence-corrected chi connectivity index (χ0v) is 14.7. The van der Waals surface area contributed by atoms with Crippen molar-refractivity contribution in [1.29, 1.82) is 0 Å². The number of carbonyl (C=O) groups excluding carboxylic acids is 1. The number of thiophene rings is 1. The smallest absolute Gasteiger partial charge is 0.264 e. The molecule has 3 heterocycles. The Kier molecular flexibility index (Phi) is 4.77. The summed E-state index contributed by atoms with van der Waals surface area (Å²) in [5.74, 6) is 1.06. The van der Waals surface area contributed by atoms with Crippen LogP contribution >= 0.6 is 11.3 Å². The van der Waals surface area contributed by atoms with Crippen LogP contribution < -0.4 is 10.2 Å². The summed E-state index contributed by atoms with van der Waals surface area (Å²) in [6.07, 6.45) is 1.60. The van der Waals surface area contributed by atoms with E-state index >= 15 is 0 Å². The lowest BCUT2D eigenvalue weighted by molar-refractivity contribution is 0.0740. The Morgan fingerprint density at radius 3 is 2.65 bits per heavy atom. The second kappa shape index (κ2) is 6.80. The largest absolute Gasteiger partial charge is 0.357 e. The predicted molar refractivity (Wildman–Crippen MR) is 94.5 cm³/mol. The third-order valence-electron chi connectivity index (χ3n) is 4.37. The number of rotatable bonds is 4. The van der Waals surface area contributed by atoms with E-state index in [2.05, 4.69) is 34.0 Å². The molecule has 1 N–H and O–H groups in total. The van der Waals surface area contributed by atoms with Gasteiger partial charge in [-0.15, -0.1) is 11.3 Å². The van der Waals surface area contributed by atoms with Gasteiger partial charge >= 0.3 is 0 Å². The lowest BCUT2D eigenvalue weighted by Gasteiger charge is -2.27. The summed E-state index contributed by atoms with van der Waals surface area (Å²) in [5.41, 5.74) is 1.01. The molecule has 1 saturated heterocycles. The maximum Gasteiger partial charge on any atom is 0.264 e. The quantitative estimate of drug-likeness (QED) is 0.926. The summed E-state index contributed by atoms with van der Waals surface area (Å²) in [5, 5.41) is 4.31. The van der Waals surface area contributed by atoms with Crippen LogP contribution in [0.4, 0.5) is 5.82 Å². The molecular weight excluding hydrogens is 310 g/mol. The van der Waals surface area contributed by atoms with Crippen LogP contribution in [0.3, 0.4) is 0 Å². The number of hydrogen-bond donors (Lipinski definition) is 1. The first-order chi connectivity index (χ1) is 11.2. The first-order valence-electron chi connectivity index (χ1n) is 8.16. The molecule has 1 aliphatic rings. The SMILES string of the molecule is CCN(CC)c1ncnc2sc(C(=O)N3CCNCC3)c(C)c12. The number of aromatic nitrogens is 2. The molecule has 7 heteroatoms. The number of fused-ring (bicyclic) bond motifs is 1. The fraction of sp³-hybridized carbons (Fsp3) is 0.562. The Bertz CT molecular complexity index is 704. The van der Waals surface area contributed by atoms with E-state index in [9.17, 15) is 4.79 Å². The fourth-order valence-electron chi connectivity index (χ4n) is 3.03. The molecule has 6 nitrogen and oxygen atoms in total. The molecule has 0 radical (unpaired) electrons. The van der Waals surface area contributed by atoms with Gasteiger partial charge in [-0.1, -0.05) is 0 Å². The molecule has 0 atom stereocenters. The van der Waals surface area contributed by atoms with Crippen LogP contribution in [-0.4, -0.2) is 60.0 Å². The minimum Gasteiger partial charge on any atom is -0.357 e. The summed E-state index contributed by atoms with van der Waals surface area (Å²) < 4.78 is 0. The van der Waals surface area contributed by atoms with Gasteiger partial charge in [-0.3, -0.25) is 4.79 Å². The Labute approximate surface area is 140 Å². The van der Waals surface area contributed by atoms with Crippen molar-refractivity contribution in [3.63, 3.8) is 0 Å². The lowest BCUT2D eigenvalue weighted by Crippen LogP contribution is -2.46. The van der Waals surface area contributed by atoms with Gasteiger partial charge in [0.15, 0.2) is 0 Å². The van der Waals surface area contributed by atoms with Gasteiger partial charge in [0.05, 0.1) is 10.3 Å². The monoisotopic (exact) mass is 333 g/mol. The molecule has 0 bridgehead atoms. The van der Waals surface area contributed by atoms with Gasteiger partial charge in [-0.2, -0.15) is 0 Å². The molecule has 0 unspecified atom stereocenters. The number of carbonyl (C=O) groups is 1. The van der Waals surface area contributed by atoms with E-state index in [4.69, 9.17) is 0 Å². The molecule has 1 amide bonds. The molecule has 2 aromatic heterocycles. The van der Waals surface area contributed by atoms with Crippen molar-refractivity contribution in [2.75, 3.05) is 44.2 Å². The number of nitrogens with zero attached hydrogens (tertiary/aromatic N) is 4. The number of anilines is 1. The van der Waals surface area contributed by atoms with E-state index in [1.807, 2.05) is 11.8 Å². The minimum atomic E-state index is 0.123. The van der Waals surface area contributed by atoms with Crippen LogP contribution in [0.5, 0.6) is 0 Å². The topological polar surface area (TPSA) is 61.4 Å². The maximum absolute atomic E-state index is 12.9. The zero-order chi connectivity index (χ0) is 16.4. The number of hydrogen-bond acceptors (Lipinski definition) is 6. The molecule has 2 aromatic rings. The lowest BCUT2D eigenvalue weighted by atomic mass is 10.1. The van der Waals surface area contributed by atoms with E-state index in [1.54, 1.807) is 6.33 Å². The predicted octanol–water partition coefficient (Wildman–Crippen LogP) is 1.89. The number of aryl methyl sites for hydroxylation is 1. The van der Waals surface area contributed by atoms with Crippen LogP contribution in [-0.2, 0) is 0 Å². The third-order valence-corrected chi connectivity index (χ3v) is 5.56. The summed E-state index contributed by atoms with van der Waals surface area (Å²) in [7, 11) is 0. The molecular formula is C16H23N5OS. The highest BCUT2D eigenvalue weighted by Crippen LogP contribution is 2.35. The zero-order valence-electron chi connectivity index (χ0n) is 13.9. The Morgan fingerprint density at radius 2 is 2.00 bits per heavy atom. The van der Waals surface area contributed by atoms with Gasteiger partial charge in [0.25, 0.3) is 5.91 Å². The molecule has 124 valence electrons. The average molecular weight is 333 g/mol. The highest BCUT2D eigenvalue weighted by Gasteiger charge is 2.25. The van der Waals surface area contributed by atoms with E-state index < -0.39 is 0 Å². The van der Waals surface area contributed by atoms with Crippen LogP contribution in [0.25, 0.3) is 10.2 Å². The number of nitrogens with one attached hydrogen (secondary N) is 1. The second-order valence-corrected chi connectivity index (χ2v) is 6.65. The Morgan fingerprint density at radius 1 is 1.30 bits per heavy atom. The number of amides is 1. The van der Waals surface area contributed by atoms with Crippen LogP contribution in [0.2, 0.25) is 0 Å². The van der Waals surface area contributed by atoms with Crippen molar-refractivity contribution in [3.05, 3.63) is 16.8 Å². The minimum absolute atomic E-state index is 0.123. The Hall–Kier alpha value is -1.73. The highest BCUT2D eigenvalue weighted by atomic mass is 32.1. The fourth-order valence-corrected chi connectivity index (χ4v) is 4.14. The van der Waals surface area contributed by atoms with Crippen molar-refractivity contribution in [2.24, 2.45) is 0 Å². The number of piperazine rings is 1. The summed E-state index contributed by atoms with van der Waals surface area (Å²) in [4.78, 5) is 27.6. The summed E-state index contributed by atoms with van der Waals surface area (Å²) in [6.45, 7) is 11.3. The van der Waals surface area contributed by atoms with Gasteiger partial charge in [-0.25, -0.2) is 9.97 Å². The van der Waals surface area contributed by atoms with Crippen LogP contribution in [0, 0.1) is 6.92 Å². The summed E-state index contributed by atoms with van der Waals surface area (Å²) >= 11 is 1.49. The first kappa shape index (κ1) is 16.1. The third kappa shape index (κ3) is 2.90. The van der Waals surface area contributed by atoms with Crippen molar-refractivity contribution >= 4 is 33.3 Å². The maximum atomic E-state index is 12.9. The average Bonchev–Trinajstić information content (AvgIpc) is 2.94. The van der Waals surface area contributed by atoms with Crippen molar-refractivity contribution in [1.82, 2.24) is 20.2 Å². The second-order valence-electron chi connectivity index (χ2n) is 5.65. The molecule has 0 aromatic carbocycles. The Balaban J connectivity index is 2.04. The first-order valence-corrected chi connectivity index (χ1v) is 8.98. The molecule has 23 heavy (non-hydrogen) atoms.